The van der Waals surface area contributed by atoms with Crippen LogP contribution in [0.2, 0.25) is 0 Å². The van der Waals surface area contributed by atoms with Crippen LogP contribution in [0.15, 0.2) is 78.9 Å². The first kappa shape index (κ1) is 25.0. The normalized spacial score (nSPS) is 17.5. The molecular weight excluding hydrogens is 458 g/mol. The second-order valence-corrected chi connectivity index (χ2v) is 10.1. The topological polar surface area (TPSA) is 62.3 Å². The molecule has 0 aliphatic heterocycles. The van der Waals surface area contributed by atoms with Crippen LogP contribution >= 0.6 is 0 Å². The molecule has 192 valence electrons. The molecule has 0 amide bonds. The van der Waals surface area contributed by atoms with E-state index in [4.69, 9.17) is 14.7 Å². The maximum atomic E-state index is 5.91. The van der Waals surface area contributed by atoms with Crippen LogP contribution in [-0.4, -0.2) is 42.7 Å². The average molecular weight is 496 g/mol. The number of para-hydroxylation sites is 1. The molecule has 4 aromatic rings. The van der Waals surface area contributed by atoms with Crippen LogP contribution in [0.4, 0.5) is 11.8 Å². The van der Waals surface area contributed by atoms with Crippen molar-refractivity contribution >= 4 is 22.7 Å². The van der Waals surface area contributed by atoms with E-state index in [-0.39, 0.29) is 0 Å². The quantitative estimate of drug-likeness (QED) is 0.289. The van der Waals surface area contributed by atoms with E-state index in [9.17, 15) is 0 Å². The van der Waals surface area contributed by atoms with Gasteiger partial charge in [-0.05, 0) is 74.0 Å². The Kier molecular flexibility index (Phi) is 8.16. The molecule has 6 heteroatoms. The maximum Gasteiger partial charge on any atom is 0.225 e. The van der Waals surface area contributed by atoms with E-state index in [0.717, 1.165) is 67.1 Å². The second-order valence-electron chi connectivity index (χ2n) is 10.1. The van der Waals surface area contributed by atoms with Crippen LogP contribution in [0.1, 0.15) is 36.8 Å². The van der Waals surface area contributed by atoms with Crippen molar-refractivity contribution in [1.82, 2.24) is 15.3 Å². The van der Waals surface area contributed by atoms with E-state index in [1.807, 2.05) is 44.4 Å². The van der Waals surface area contributed by atoms with Gasteiger partial charge >= 0.3 is 0 Å². The molecule has 1 aromatic heterocycles. The first-order chi connectivity index (χ1) is 18.1. The first-order valence-corrected chi connectivity index (χ1v) is 13.3. The summed E-state index contributed by atoms with van der Waals surface area (Å²) < 4.78 is 5.91. The monoisotopic (exact) mass is 495 g/mol. The summed E-state index contributed by atoms with van der Waals surface area (Å²) in [5.41, 5.74) is 3.50. The number of hydrogen-bond acceptors (Lipinski definition) is 6. The highest BCUT2D eigenvalue weighted by molar-refractivity contribution is 5.90. The molecule has 2 N–H and O–H groups in total. The zero-order valence-corrected chi connectivity index (χ0v) is 21.9. The molecule has 0 saturated heterocycles. The zero-order chi connectivity index (χ0) is 25.5. The molecule has 1 aliphatic carbocycles. The smallest absolute Gasteiger partial charge is 0.225 e. The molecule has 6 nitrogen and oxygen atoms in total. The third-order valence-electron chi connectivity index (χ3n) is 7.09. The van der Waals surface area contributed by atoms with Gasteiger partial charge in [0.05, 0.1) is 5.52 Å². The summed E-state index contributed by atoms with van der Waals surface area (Å²) in [5, 5.41) is 8.46. The van der Waals surface area contributed by atoms with Crippen molar-refractivity contribution in [3.8, 4) is 5.75 Å². The predicted molar refractivity (Wildman–Crippen MR) is 152 cm³/mol. The molecule has 0 spiro atoms. The Morgan fingerprint density at radius 3 is 2.24 bits per heavy atom. The standard InChI is InChI=1S/C31H37N5O/c1-36(2)30-28-10-6-7-11-29(28)34-31(35-30)33-26-16-14-25(15-17-26)32-21-20-23-12-18-27(19-13-23)37-22-24-8-4-3-5-9-24/h3-13,18-19,25-26,32H,14-17,20-22H2,1-2H3,(H,33,34,35). The Labute approximate surface area is 220 Å². The largest absolute Gasteiger partial charge is 0.489 e. The van der Waals surface area contributed by atoms with E-state index in [1.165, 1.54) is 11.1 Å². The Morgan fingerprint density at radius 2 is 1.49 bits per heavy atom. The lowest BCUT2D eigenvalue weighted by molar-refractivity contribution is 0.306. The van der Waals surface area contributed by atoms with Crippen LogP contribution in [0.5, 0.6) is 5.75 Å². The minimum absolute atomic E-state index is 0.414. The summed E-state index contributed by atoms with van der Waals surface area (Å²) in [7, 11) is 4.06. The molecule has 0 atom stereocenters. The van der Waals surface area contributed by atoms with Crippen molar-refractivity contribution in [1.29, 1.82) is 0 Å². The number of nitrogens with zero attached hydrogens (tertiary/aromatic N) is 3. The van der Waals surface area contributed by atoms with Gasteiger partial charge in [0, 0.05) is 31.6 Å². The molecule has 0 radical (unpaired) electrons. The summed E-state index contributed by atoms with van der Waals surface area (Å²) >= 11 is 0. The van der Waals surface area contributed by atoms with Gasteiger partial charge in [0.1, 0.15) is 18.2 Å². The molecule has 0 unspecified atom stereocenters. The SMILES string of the molecule is CN(C)c1nc(NC2CCC(NCCc3ccc(OCc4ccccc4)cc3)CC2)nc2ccccc12. The van der Waals surface area contributed by atoms with Crippen LogP contribution in [-0.2, 0) is 13.0 Å². The van der Waals surface area contributed by atoms with Crippen molar-refractivity contribution in [3.05, 3.63) is 90.0 Å². The van der Waals surface area contributed by atoms with Crippen LogP contribution < -0.4 is 20.3 Å². The van der Waals surface area contributed by atoms with Crippen molar-refractivity contribution in [2.45, 2.75) is 50.8 Å². The first-order valence-electron chi connectivity index (χ1n) is 13.3. The Morgan fingerprint density at radius 1 is 0.784 bits per heavy atom. The third-order valence-corrected chi connectivity index (χ3v) is 7.09. The fourth-order valence-electron chi connectivity index (χ4n) is 5.00. The van der Waals surface area contributed by atoms with Gasteiger partial charge in [0.2, 0.25) is 5.95 Å². The van der Waals surface area contributed by atoms with Gasteiger partial charge < -0.3 is 20.3 Å². The highest BCUT2D eigenvalue weighted by atomic mass is 16.5. The number of nitrogens with one attached hydrogen (secondary N) is 2. The number of aromatic nitrogens is 2. The Balaban J connectivity index is 1.05. The molecule has 5 rings (SSSR count). The number of benzene rings is 3. The minimum atomic E-state index is 0.414. The summed E-state index contributed by atoms with van der Waals surface area (Å²) in [5.74, 6) is 2.61. The van der Waals surface area contributed by atoms with Crippen molar-refractivity contribution in [2.24, 2.45) is 0 Å². The van der Waals surface area contributed by atoms with Crippen molar-refractivity contribution < 1.29 is 4.74 Å². The molecule has 1 fully saturated rings. The molecule has 1 heterocycles. The summed E-state index contributed by atoms with van der Waals surface area (Å²) in [6.45, 7) is 1.59. The van der Waals surface area contributed by atoms with Gasteiger partial charge in [0.15, 0.2) is 0 Å². The van der Waals surface area contributed by atoms with E-state index in [2.05, 4.69) is 64.1 Å². The summed E-state index contributed by atoms with van der Waals surface area (Å²) in [6.07, 6.45) is 5.60. The van der Waals surface area contributed by atoms with E-state index >= 15 is 0 Å². The van der Waals surface area contributed by atoms with Gasteiger partial charge in [-0.2, -0.15) is 4.98 Å². The summed E-state index contributed by atoms with van der Waals surface area (Å²) in [4.78, 5) is 11.6. The van der Waals surface area contributed by atoms with Crippen LogP contribution in [0, 0.1) is 0 Å². The molecule has 3 aromatic carbocycles. The molecule has 1 aliphatic rings. The zero-order valence-electron chi connectivity index (χ0n) is 21.9. The Bertz CT molecular complexity index is 1270. The molecule has 1 saturated carbocycles. The molecule has 0 bridgehead atoms. The lowest BCUT2D eigenvalue weighted by atomic mass is 9.91. The Hall–Kier alpha value is -3.64. The predicted octanol–water partition coefficient (Wildman–Crippen LogP) is 5.83. The maximum absolute atomic E-state index is 5.91. The average Bonchev–Trinajstić information content (AvgIpc) is 2.93. The van der Waals surface area contributed by atoms with Crippen molar-refractivity contribution in [3.63, 3.8) is 0 Å². The molecule has 37 heavy (non-hydrogen) atoms. The summed E-state index contributed by atoms with van der Waals surface area (Å²) in [6, 6.07) is 28.0. The second kappa shape index (κ2) is 12.1. The highest BCUT2D eigenvalue weighted by Crippen LogP contribution is 2.26. The number of anilines is 2. The number of ether oxygens (including phenoxy) is 1. The number of hydrogen-bond donors (Lipinski definition) is 2. The third kappa shape index (κ3) is 6.77. The van der Waals surface area contributed by atoms with Gasteiger partial charge in [-0.25, -0.2) is 4.98 Å². The lowest BCUT2D eigenvalue weighted by Crippen LogP contribution is -2.38. The highest BCUT2D eigenvalue weighted by Gasteiger charge is 2.22. The van der Waals surface area contributed by atoms with Gasteiger partial charge in [-0.15, -0.1) is 0 Å². The van der Waals surface area contributed by atoms with E-state index in [1.54, 1.807) is 0 Å². The van der Waals surface area contributed by atoms with Crippen molar-refractivity contribution in [2.75, 3.05) is 30.9 Å². The number of rotatable bonds is 10. The van der Waals surface area contributed by atoms with Gasteiger partial charge in [-0.3, -0.25) is 0 Å². The van der Waals surface area contributed by atoms with Crippen LogP contribution in [0.25, 0.3) is 10.9 Å². The van der Waals surface area contributed by atoms with Gasteiger partial charge in [-0.1, -0.05) is 54.6 Å². The number of fused-ring (bicyclic) bond motifs is 1. The van der Waals surface area contributed by atoms with E-state index in [0.29, 0.717) is 18.7 Å². The van der Waals surface area contributed by atoms with Crippen LogP contribution in [0.3, 0.4) is 0 Å². The minimum Gasteiger partial charge on any atom is -0.489 e. The van der Waals surface area contributed by atoms with E-state index < -0.39 is 0 Å². The molecular formula is C31H37N5O. The fraction of sp³-hybridized carbons (Fsp3) is 0.355. The van der Waals surface area contributed by atoms with Gasteiger partial charge in [0.25, 0.3) is 0 Å². The fourth-order valence-corrected chi connectivity index (χ4v) is 5.00. The lowest BCUT2D eigenvalue weighted by Gasteiger charge is -2.30.